The van der Waals surface area contributed by atoms with Gasteiger partial charge in [0.1, 0.15) is 0 Å². The van der Waals surface area contributed by atoms with Crippen molar-refractivity contribution < 1.29 is 0 Å². The molecule has 0 unspecified atom stereocenters. The van der Waals surface area contributed by atoms with Gasteiger partial charge in [-0.3, -0.25) is 0 Å². The average Bonchev–Trinajstić information content (AvgIpc) is 1.98. The van der Waals surface area contributed by atoms with Gasteiger partial charge in [-0.15, -0.1) is 5.11 Å². The molecule has 0 saturated carbocycles. The minimum Gasteiger partial charge on any atom is -0.305 e. The fourth-order valence-electron chi connectivity index (χ4n) is 0.854. The molecule has 0 aliphatic rings. The van der Waals surface area contributed by atoms with Gasteiger partial charge < -0.3 is 5.84 Å². The van der Waals surface area contributed by atoms with Crippen molar-refractivity contribution in [1.29, 1.82) is 0 Å². The summed E-state index contributed by atoms with van der Waals surface area (Å²) in [5, 5.41) is 6.91. The summed E-state index contributed by atoms with van der Waals surface area (Å²) in [4.78, 5) is 0. The second-order valence-electron chi connectivity index (χ2n) is 2.48. The van der Waals surface area contributed by atoms with Crippen molar-refractivity contribution in [3.63, 3.8) is 0 Å². The minimum absolute atomic E-state index is 0.801. The molecule has 2 N–H and O–H groups in total. The molecule has 0 radical (unpaired) electrons. The van der Waals surface area contributed by atoms with Gasteiger partial charge in [-0.25, -0.2) is 0 Å². The van der Waals surface area contributed by atoms with Crippen LogP contribution in [0.5, 0.6) is 0 Å². The molecule has 0 spiro atoms. The molecule has 1 aromatic carbocycles. The van der Waals surface area contributed by atoms with Crippen LogP contribution < -0.4 is 5.84 Å². The molecule has 0 amide bonds. The third kappa shape index (κ3) is 1.77. The molecule has 3 nitrogen and oxygen atoms in total. The van der Waals surface area contributed by atoms with Crippen molar-refractivity contribution in [1.82, 2.24) is 0 Å². The zero-order valence-corrected chi connectivity index (χ0v) is 6.70. The summed E-state index contributed by atoms with van der Waals surface area (Å²) in [6.45, 7) is 4.09. The molecule has 1 aromatic rings. The van der Waals surface area contributed by atoms with E-state index in [2.05, 4.69) is 17.3 Å². The van der Waals surface area contributed by atoms with E-state index in [1.807, 2.05) is 25.1 Å². The average molecular weight is 149 g/mol. The quantitative estimate of drug-likeness (QED) is 0.371. The van der Waals surface area contributed by atoms with Crippen molar-refractivity contribution in [2.24, 2.45) is 16.2 Å². The molecule has 11 heavy (non-hydrogen) atoms. The van der Waals surface area contributed by atoms with Gasteiger partial charge in [-0.05, 0) is 37.1 Å². The standard InChI is InChI=1S/C8H11N3/c1-6-3-4-8(10-11-9)5-7(6)2/h3-5H,1-2H3,(H2,9,10). The predicted octanol–water partition coefficient (Wildman–Crippen LogP) is 2.26. The lowest BCUT2D eigenvalue weighted by Crippen LogP contribution is -1.79. The van der Waals surface area contributed by atoms with Crippen LogP contribution in [0.15, 0.2) is 28.5 Å². The number of benzene rings is 1. The summed E-state index contributed by atoms with van der Waals surface area (Å²) < 4.78 is 0. The molecule has 0 bridgehead atoms. The van der Waals surface area contributed by atoms with E-state index in [1.54, 1.807) is 0 Å². The van der Waals surface area contributed by atoms with Crippen molar-refractivity contribution in [2.45, 2.75) is 13.8 Å². The third-order valence-corrected chi connectivity index (χ3v) is 1.66. The van der Waals surface area contributed by atoms with E-state index in [0.717, 1.165) is 5.69 Å². The number of nitrogens with zero attached hydrogens (tertiary/aromatic N) is 2. The van der Waals surface area contributed by atoms with Crippen LogP contribution in [-0.4, -0.2) is 0 Å². The number of aryl methyl sites for hydroxylation is 2. The summed E-state index contributed by atoms with van der Waals surface area (Å²) in [5.74, 6) is 4.91. The van der Waals surface area contributed by atoms with E-state index in [-0.39, 0.29) is 0 Å². The van der Waals surface area contributed by atoms with Crippen LogP contribution in [-0.2, 0) is 0 Å². The van der Waals surface area contributed by atoms with E-state index in [9.17, 15) is 0 Å². The Bertz CT molecular complexity index is 279. The van der Waals surface area contributed by atoms with E-state index in [1.165, 1.54) is 11.1 Å². The first kappa shape index (κ1) is 7.72. The first-order chi connectivity index (χ1) is 5.24. The second kappa shape index (κ2) is 3.14. The van der Waals surface area contributed by atoms with Crippen LogP contribution in [0.4, 0.5) is 5.69 Å². The fraction of sp³-hybridized carbons (Fsp3) is 0.250. The Hall–Kier alpha value is -1.38. The molecule has 58 valence electrons. The highest BCUT2D eigenvalue weighted by Crippen LogP contribution is 2.16. The van der Waals surface area contributed by atoms with Gasteiger partial charge in [0.05, 0.1) is 5.69 Å². The molecule has 3 heteroatoms. The number of rotatable bonds is 1. The summed E-state index contributed by atoms with van der Waals surface area (Å²) in [6.07, 6.45) is 0. The van der Waals surface area contributed by atoms with Gasteiger partial charge >= 0.3 is 0 Å². The maximum absolute atomic E-state index is 4.91. The lowest BCUT2D eigenvalue weighted by atomic mass is 10.1. The van der Waals surface area contributed by atoms with Crippen molar-refractivity contribution in [3.8, 4) is 0 Å². The molecule has 0 aromatic heterocycles. The highest BCUT2D eigenvalue weighted by Gasteiger charge is 1.93. The zero-order valence-electron chi connectivity index (χ0n) is 6.70. The Labute approximate surface area is 65.9 Å². The largest absolute Gasteiger partial charge is 0.305 e. The van der Waals surface area contributed by atoms with Gasteiger partial charge in [0.15, 0.2) is 0 Å². The summed E-state index contributed by atoms with van der Waals surface area (Å²) in [6, 6.07) is 5.84. The first-order valence-electron chi connectivity index (χ1n) is 3.42. The molecular weight excluding hydrogens is 138 g/mol. The number of hydrogen-bond acceptors (Lipinski definition) is 2. The SMILES string of the molecule is Cc1ccc(N=NN)cc1C. The van der Waals surface area contributed by atoms with Crippen molar-refractivity contribution in [3.05, 3.63) is 29.3 Å². The maximum Gasteiger partial charge on any atom is 0.0876 e. The van der Waals surface area contributed by atoms with E-state index < -0.39 is 0 Å². The van der Waals surface area contributed by atoms with Gasteiger partial charge in [-0.1, -0.05) is 11.3 Å². The molecule has 0 aliphatic heterocycles. The van der Waals surface area contributed by atoms with Gasteiger partial charge in [-0.2, -0.15) is 0 Å². The van der Waals surface area contributed by atoms with Crippen molar-refractivity contribution in [2.75, 3.05) is 0 Å². The molecule has 0 saturated heterocycles. The number of hydrogen-bond donors (Lipinski definition) is 1. The van der Waals surface area contributed by atoms with Crippen LogP contribution >= 0.6 is 0 Å². The second-order valence-corrected chi connectivity index (χ2v) is 2.48. The van der Waals surface area contributed by atoms with Crippen LogP contribution in [0.3, 0.4) is 0 Å². The summed E-state index contributed by atoms with van der Waals surface area (Å²) in [7, 11) is 0. The Balaban J connectivity index is 3.05. The Morgan fingerprint density at radius 3 is 2.45 bits per heavy atom. The third-order valence-electron chi connectivity index (χ3n) is 1.66. The van der Waals surface area contributed by atoms with Gasteiger partial charge in [0, 0.05) is 0 Å². The molecular formula is C8H11N3. The topological polar surface area (TPSA) is 50.7 Å². The van der Waals surface area contributed by atoms with E-state index in [0.29, 0.717) is 0 Å². The van der Waals surface area contributed by atoms with E-state index in [4.69, 9.17) is 5.84 Å². The highest BCUT2D eigenvalue weighted by atomic mass is 15.3. The number of nitrogens with two attached hydrogens (primary N) is 1. The zero-order chi connectivity index (χ0) is 8.27. The monoisotopic (exact) mass is 149 g/mol. The molecule has 1 rings (SSSR count). The maximum atomic E-state index is 4.91. The summed E-state index contributed by atoms with van der Waals surface area (Å²) >= 11 is 0. The Morgan fingerprint density at radius 1 is 1.18 bits per heavy atom. The lowest BCUT2D eigenvalue weighted by Gasteiger charge is -1.98. The first-order valence-corrected chi connectivity index (χ1v) is 3.42. The molecule has 0 fully saturated rings. The van der Waals surface area contributed by atoms with Crippen LogP contribution in [0, 0.1) is 13.8 Å². The van der Waals surface area contributed by atoms with Crippen LogP contribution in [0.2, 0.25) is 0 Å². The van der Waals surface area contributed by atoms with Crippen LogP contribution in [0.25, 0.3) is 0 Å². The normalized spacial score (nSPS) is 10.7. The Morgan fingerprint density at radius 2 is 1.91 bits per heavy atom. The molecule has 0 aliphatic carbocycles. The lowest BCUT2D eigenvalue weighted by molar-refractivity contribution is 1.06. The predicted molar refractivity (Wildman–Crippen MR) is 44.6 cm³/mol. The van der Waals surface area contributed by atoms with Crippen molar-refractivity contribution >= 4 is 5.69 Å². The minimum atomic E-state index is 0.801. The van der Waals surface area contributed by atoms with Gasteiger partial charge in [0.25, 0.3) is 0 Å². The Kier molecular flexibility index (Phi) is 2.21. The summed E-state index contributed by atoms with van der Waals surface area (Å²) in [5.41, 5.74) is 3.26. The fourth-order valence-corrected chi connectivity index (χ4v) is 0.854. The molecule has 0 atom stereocenters. The smallest absolute Gasteiger partial charge is 0.0876 e. The molecule has 0 heterocycles. The van der Waals surface area contributed by atoms with Crippen LogP contribution in [0.1, 0.15) is 11.1 Å². The van der Waals surface area contributed by atoms with Gasteiger partial charge in [0.2, 0.25) is 0 Å². The van der Waals surface area contributed by atoms with E-state index >= 15 is 0 Å². The highest BCUT2D eigenvalue weighted by molar-refractivity contribution is 5.42.